The van der Waals surface area contributed by atoms with Crippen molar-refractivity contribution >= 4 is 10.0 Å². The number of alkyl halides is 2. The van der Waals surface area contributed by atoms with E-state index in [4.69, 9.17) is 10.4 Å². The van der Waals surface area contributed by atoms with Crippen LogP contribution in [0.2, 0.25) is 0 Å². The van der Waals surface area contributed by atoms with Gasteiger partial charge in [0.1, 0.15) is 0 Å². The lowest BCUT2D eigenvalue weighted by atomic mass is 10.2. The maximum Gasteiger partial charge on any atom is 0.252 e. The van der Waals surface area contributed by atoms with Gasteiger partial charge in [0, 0.05) is 6.54 Å². The van der Waals surface area contributed by atoms with E-state index in [-0.39, 0.29) is 10.5 Å². The van der Waals surface area contributed by atoms with Crippen LogP contribution in [0.3, 0.4) is 0 Å². The van der Waals surface area contributed by atoms with Crippen LogP contribution in [0.5, 0.6) is 0 Å². The zero-order valence-electron chi connectivity index (χ0n) is 9.83. The molecule has 19 heavy (non-hydrogen) atoms. The number of rotatable bonds is 6. The van der Waals surface area contributed by atoms with E-state index in [1.165, 1.54) is 18.2 Å². The first-order valence-corrected chi connectivity index (χ1v) is 6.75. The lowest BCUT2D eigenvalue weighted by molar-refractivity contribution is 0.113. The standard InChI is InChI=1S/C11H12F2N2O3S/c12-11(13)8-15(4-5-16)19(17,18)10-3-1-2-9(6-10)7-14/h1-3,6,11,16H,4-5,8H2. The van der Waals surface area contributed by atoms with E-state index in [2.05, 4.69) is 0 Å². The minimum absolute atomic E-state index is 0.113. The smallest absolute Gasteiger partial charge is 0.252 e. The van der Waals surface area contributed by atoms with E-state index in [0.717, 1.165) is 6.07 Å². The molecule has 1 aromatic carbocycles. The van der Waals surface area contributed by atoms with Crippen molar-refractivity contribution in [3.63, 3.8) is 0 Å². The molecule has 1 N–H and O–H groups in total. The molecule has 0 spiro atoms. The second kappa shape index (κ2) is 6.56. The van der Waals surface area contributed by atoms with Crippen LogP contribution in [-0.4, -0.2) is 44.0 Å². The van der Waals surface area contributed by atoms with Crippen LogP contribution in [0.4, 0.5) is 8.78 Å². The Bertz CT molecular complexity index is 570. The van der Waals surface area contributed by atoms with Crippen LogP contribution in [0.1, 0.15) is 5.56 Å². The number of benzene rings is 1. The number of hydrogen-bond donors (Lipinski definition) is 1. The lowest BCUT2D eigenvalue weighted by Gasteiger charge is -2.20. The predicted molar refractivity (Wildman–Crippen MR) is 63.0 cm³/mol. The zero-order valence-corrected chi connectivity index (χ0v) is 10.6. The van der Waals surface area contributed by atoms with E-state index in [9.17, 15) is 17.2 Å². The molecule has 5 nitrogen and oxygen atoms in total. The molecule has 1 rings (SSSR count). The van der Waals surface area contributed by atoms with E-state index in [0.29, 0.717) is 4.31 Å². The maximum absolute atomic E-state index is 12.4. The Morgan fingerprint density at radius 1 is 1.42 bits per heavy atom. The number of sulfonamides is 1. The van der Waals surface area contributed by atoms with Crippen LogP contribution < -0.4 is 0 Å². The predicted octanol–water partition coefficient (Wildman–Crippen LogP) is 0.806. The van der Waals surface area contributed by atoms with Gasteiger partial charge in [0.2, 0.25) is 10.0 Å². The molecule has 0 aliphatic carbocycles. The van der Waals surface area contributed by atoms with Crippen LogP contribution in [0, 0.1) is 11.3 Å². The van der Waals surface area contributed by atoms with Crippen LogP contribution in [0.15, 0.2) is 29.2 Å². The number of aliphatic hydroxyl groups excluding tert-OH is 1. The number of nitrogens with zero attached hydrogens (tertiary/aromatic N) is 2. The highest BCUT2D eigenvalue weighted by molar-refractivity contribution is 7.89. The molecule has 0 aromatic heterocycles. The monoisotopic (exact) mass is 290 g/mol. The Morgan fingerprint density at radius 2 is 2.11 bits per heavy atom. The van der Waals surface area contributed by atoms with Crippen LogP contribution in [-0.2, 0) is 10.0 Å². The fourth-order valence-corrected chi connectivity index (χ4v) is 2.91. The summed E-state index contributed by atoms with van der Waals surface area (Å²) in [6, 6.07) is 6.84. The van der Waals surface area contributed by atoms with Gasteiger partial charge in [-0.15, -0.1) is 0 Å². The molecule has 0 aliphatic heterocycles. The van der Waals surface area contributed by atoms with E-state index in [1.807, 2.05) is 0 Å². The largest absolute Gasteiger partial charge is 0.395 e. The van der Waals surface area contributed by atoms with Gasteiger partial charge in [-0.05, 0) is 18.2 Å². The SMILES string of the molecule is N#Cc1cccc(S(=O)(=O)N(CCO)CC(F)F)c1. The summed E-state index contributed by atoms with van der Waals surface area (Å²) >= 11 is 0. The average molecular weight is 290 g/mol. The molecule has 0 atom stereocenters. The van der Waals surface area contributed by atoms with Crippen molar-refractivity contribution in [2.45, 2.75) is 11.3 Å². The molecule has 0 unspecified atom stereocenters. The van der Waals surface area contributed by atoms with Gasteiger partial charge in [-0.1, -0.05) is 6.07 Å². The number of aliphatic hydroxyl groups is 1. The highest BCUT2D eigenvalue weighted by atomic mass is 32.2. The van der Waals surface area contributed by atoms with E-state index in [1.54, 1.807) is 6.07 Å². The first kappa shape index (κ1) is 15.5. The van der Waals surface area contributed by atoms with Crippen LogP contribution in [0.25, 0.3) is 0 Å². The fraction of sp³-hybridized carbons (Fsp3) is 0.364. The Labute approximate surface area is 109 Å². The molecular formula is C11H12F2N2O3S. The summed E-state index contributed by atoms with van der Waals surface area (Å²) in [5, 5.41) is 17.5. The first-order valence-electron chi connectivity index (χ1n) is 5.31. The van der Waals surface area contributed by atoms with Gasteiger partial charge in [0.25, 0.3) is 6.43 Å². The summed E-state index contributed by atoms with van der Waals surface area (Å²) < 4.78 is 49.4. The van der Waals surface area contributed by atoms with Crippen molar-refractivity contribution in [1.29, 1.82) is 5.26 Å². The third kappa shape index (κ3) is 3.96. The van der Waals surface area contributed by atoms with Gasteiger partial charge in [0.15, 0.2) is 0 Å². The summed E-state index contributed by atoms with van der Waals surface area (Å²) in [5.41, 5.74) is 0.113. The summed E-state index contributed by atoms with van der Waals surface area (Å²) in [6.07, 6.45) is -2.85. The highest BCUT2D eigenvalue weighted by Crippen LogP contribution is 2.17. The maximum atomic E-state index is 12.4. The fourth-order valence-electron chi connectivity index (χ4n) is 1.45. The van der Waals surface area contributed by atoms with Gasteiger partial charge in [-0.2, -0.15) is 9.57 Å². The Hall–Kier alpha value is -1.56. The Morgan fingerprint density at radius 3 is 2.63 bits per heavy atom. The third-order valence-electron chi connectivity index (χ3n) is 2.29. The van der Waals surface area contributed by atoms with Crippen molar-refractivity contribution in [3.05, 3.63) is 29.8 Å². The lowest BCUT2D eigenvalue weighted by Crippen LogP contribution is -2.37. The van der Waals surface area contributed by atoms with Crippen molar-refractivity contribution < 1.29 is 22.3 Å². The van der Waals surface area contributed by atoms with Gasteiger partial charge in [-0.3, -0.25) is 0 Å². The van der Waals surface area contributed by atoms with Crippen molar-refractivity contribution in [2.75, 3.05) is 19.7 Å². The molecule has 0 saturated heterocycles. The Kier molecular flexibility index (Phi) is 5.35. The van der Waals surface area contributed by atoms with Gasteiger partial charge in [-0.25, -0.2) is 17.2 Å². The Balaban J connectivity index is 3.15. The normalized spacial score (nSPS) is 11.8. The van der Waals surface area contributed by atoms with E-state index < -0.39 is 36.1 Å². The first-order chi connectivity index (χ1) is 8.91. The number of hydrogen-bond acceptors (Lipinski definition) is 4. The van der Waals surface area contributed by atoms with Gasteiger partial charge < -0.3 is 5.11 Å². The van der Waals surface area contributed by atoms with Crippen molar-refractivity contribution in [2.24, 2.45) is 0 Å². The van der Waals surface area contributed by atoms with Crippen molar-refractivity contribution in [3.8, 4) is 6.07 Å². The summed E-state index contributed by atoms with van der Waals surface area (Å²) in [6.45, 7) is -1.99. The minimum atomic E-state index is -4.15. The average Bonchev–Trinajstić information content (AvgIpc) is 2.38. The molecule has 0 bridgehead atoms. The van der Waals surface area contributed by atoms with Crippen LogP contribution >= 0.6 is 0 Å². The summed E-state index contributed by atoms with van der Waals surface area (Å²) in [4.78, 5) is -0.249. The molecular weight excluding hydrogens is 278 g/mol. The molecule has 0 heterocycles. The summed E-state index contributed by atoms with van der Waals surface area (Å²) in [5.74, 6) is 0. The highest BCUT2D eigenvalue weighted by Gasteiger charge is 2.26. The second-order valence-electron chi connectivity index (χ2n) is 3.62. The molecule has 1 aromatic rings. The van der Waals surface area contributed by atoms with Gasteiger partial charge >= 0.3 is 0 Å². The third-order valence-corrected chi connectivity index (χ3v) is 4.15. The second-order valence-corrected chi connectivity index (χ2v) is 5.56. The molecule has 0 amide bonds. The van der Waals surface area contributed by atoms with Crippen molar-refractivity contribution in [1.82, 2.24) is 4.31 Å². The molecule has 0 fully saturated rings. The molecule has 104 valence electrons. The number of nitriles is 1. The number of halogens is 2. The molecule has 0 saturated carbocycles. The topological polar surface area (TPSA) is 81.4 Å². The zero-order chi connectivity index (χ0) is 14.5. The van der Waals surface area contributed by atoms with E-state index >= 15 is 0 Å². The van der Waals surface area contributed by atoms with Gasteiger partial charge in [0.05, 0.1) is 29.7 Å². The molecule has 8 heteroatoms. The summed E-state index contributed by atoms with van der Waals surface area (Å²) in [7, 11) is -4.15. The molecule has 0 radical (unpaired) electrons. The minimum Gasteiger partial charge on any atom is -0.395 e. The quantitative estimate of drug-likeness (QED) is 0.840. The molecule has 0 aliphatic rings.